The van der Waals surface area contributed by atoms with E-state index in [1.165, 1.54) is 6.07 Å². The number of benzene rings is 1. The maximum absolute atomic E-state index is 14.3. The summed E-state index contributed by atoms with van der Waals surface area (Å²) in [4.78, 5) is 24.0. The third-order valence-corrected chi connectivity index (χ3v) is 6.07. The van der Waals surface area contributed by atoms with Crippen molar-refractivity contribution in [3.05, 3.63) is 53.6 Å². The highest BCUT2D eigenvalue weighted by molar-refractivity contribution is 5.86. The van der Waals surface area contributed by atoms with Gasteiger partial charge in [0.05, 0.1) is 17.6 Å². The maximum atomic E-state index is 14.3. The summed E-state index contributed by atoms with van der Waals surface area (Å²) in [7, 11) is 0. The largest absolute Gasteiger partial charge is 0.391 e. The molecule has 4 rings (SSSR count). The van der Waals surface area contributed by atoms with Gasteiger partial charge in [-0.1, -0.05) is 31.0 Å². The van der Waals surface area contributed by atoms with E-state index in [4.69, 9.17) is 0 Å². The van der Waals surface area contributed by atoms with E-state index < -0.39 is 11.5 Å². The van der Waals surface area contributed by atoms with Crippen molar-refractivity contribution in [3.8, 4) is 0 Å². The molecule has 7 heteroatoms. The summed E-state index contributed by atoms with van der Waals surface area (Å²) in [5.41, 5.74) is 0.611. The fourth-order valence-corrected chi connectivity index (χ4v) is 4.36. The van der Waals surface area contributed by atoms with Crippen LogP contribution in [0.5, 0.6) is 0 Å². The number of carbonyl (C=O) groups excluding carboxylic acids is 1. The van der Waals surface area contributed by atoms with Crippen molar-refractivity contribution in [3.63, 3.8) is 0 Å². The van der Waals surface area contributed by atoms with Gasteiger partial charge in [0.1, 0.15) is 5.82 Å². The summed E-state index contributed by atoms with van der Waals surface area (Å²) in [5.74, 6) is 0.151. The third-order valence-electron chi connectivity index (χ3n) is 6.07. The predicted molar refractivity (Wildman–Crippen MR) is 108 cm³/mol. The number of aliphatic hydroxyl groups is 1. The van der Waals surface area contributed by atoms with Crippen LogP contribution in [-0.2, 0) is 11.2 Å². The maximum Gasteiger partial charge on any atom is 0.230 e. The van der Waals surface area contributed by atoms with Crippen molar-refractivity contribution >= 4 is 11.9 Å². The molecule has 154 valence electrons. The summed E-state index contributed by atoms with van der Waals surface area (Å²) in [5, 5.41) is 13.3. The number of amides is 1. The lowest BCUT2D eigenvalue weighted by molar-refractivity contribution is -0.134. The van der Waals surface area contributed by atoms with Crippen molar-refractivity contribution in [2.24, 2.45) is 5.41 Å². The number of rotatable bonds is 5. The number of halogens is 1. The molecule has 2 heterocycles. The molecule has 0 spiro atoms. The van der Waals surface area contributed by atoms with Crippen LogP contribution in [0.1, 0.15) is 36.9 Å². The average Bonchev–Trinajstić information content (AvgIpc) is 2.67. The number of anilines is 1. The summed E-state index contributed by atoms with van der Waals surface area (Å²) >= 11 is 0. The van der Waals surface area contributed by atoms with Crippen molar-refractivity contribution in [1.29, 1.82) is 0 Å². The molecular weight excluding hydrogens is 371 g/mol. The van der Waals surface area contributed by atoms with E-state index in [2.05, 4.69) is 15.3 Å². The molecule has 2 aliphatic rings. The van der Waals surface area contributed by atoms with Gasteiger partial charge >= 0.3 is 0 Å². The van der Waals surface area contributed by atoms with Gasteiger partial charge in [-0.05, 0) is 43.9 Å². The smallest absolute Gasteiger partial charge is 0.230 e. The quantitative estimate of drug-likeness (QED) is 0.809. The lowest BCUT2D eigenvalue weighted by Crippen LogP contribution is -2.66. The number of aromatic nitrogens is 2. The topological polar surface area (TPSA) is 78.4 Å². The molecular formula is C22H27FN4O2. The van der Waals surface area contributed by atoms with E-state index in [9.17, 15) is 14.3 Å². The van der Waals surface area contributed by atoms with Crippen LogP contribution in [0, 0.1) is 18.2 Å². The van der Waals surface area contributed by atoms with Crippen LogP contribution in [0.3, 0.4) is 0 Å². The molecule has 0 bridgehead atoms. The number of hydrogen-bond donors (Lipinski definition) is 2. The Morgan fingerprint density at radius 1 is 1.28 bits per heavy atom. The first-order chi connectivity index (χ1) is 14.0. The standard InChI is InChI=1S/C22H27FN4O2/c1-15-10-11-24-21(25-15)27-13-22(14-27,12-16-6-2-3-7-17(16)23)20(29)26-18-8-4-5-9-19(18)28/h2-3,6-7,10-11,18-19,28H,4-5,8-9,12-14H2,1H3,(H,26,29)/t18-,19-/m0/s1. The number of aliphatic hydroxyl groups excluding tert-OH is 1. The Kier molecular flexibility index (Phi) is 5.50. The Morgan fingerprint density at radius 2 is 2.03 bits per heavy atom. The van der Waals surface area contributed by atoms with Crippen LogP contribution in [0.4, 0.5) is 10.3 Å². The highest BCUT2D eigenvalue weighted by Gasteiger charge is 2.51. The molecule has 1 aromatic heterocycles. The van der Waals surface area contributed by atoms with E-state index in [0.717, 1.165) is 25.0 Å². The summed E-state index contributed by atoms with van der Waals surface area (Å²) in [6.07, 6.45) is 4.93. The Bertz CT molecular complexity index is 885. The van der Waals surface area contributed by atoms with Gasteiger partial charge in [-0.2, -0.15) is 0 Å². The highest BCUT2D eigenvalue weighted by Crippen LogP contribution is 2.37. The first-order valence-electron chi connectivity index (χ1n) is 10.2. The molecule has 1 aromatic carbocycles. The van der Waals surface area contributed by atoms with Gasteiger partial charge in [-0.3, -0.25) is 4.79 Å². The molecule has 2 atom stereocenters. The molecule has 0 unspecified atom stereocenters. The predicted octanol–water partition coefficient (Wildman–Crippen LogP) is 2.39. The van der Waals surface area contributed by atoms with E-state index >= 15 is 0 Å². The van der Waals surface area contributed by atoms with Crippen molar-refractivity contribution in [2.75, 3.05) is 18.0 Å². The summed E-state index contributed by atoms with van der Waals surface area (Å²) in [6.45, 7) is 2.73. The molecule has 1 saturated heterocycles. The van der Waals surface area contributed by atoms with E-state index in [1.807, 2.05) is 17.9 Å². The second-order valence-electron chi connectivity index (χ2n) is 8.33. The lowest BCUT2D eigenvalue weighted by atomic mass is 9.73. The number of carbonyl (C=O) groups is 1. The van der Waals surface area contributed by atoms with Crippen molar-refractivity contribution in [2.45, 2.75) is 51.2 Å². The second kappa shape index (κ2) is 8.06. The number of nitrogens with zero attached hydrogens (tertiary/aromatic N) is 3. The molecule has 1 amide bonds. The van der Waals surface area contributed by atoms with Crippen LogP contribution in [0.25, 0.3) is 0 Å². The van der Waals surface area contributed by atoms with Gasteiger partial charge in [0.25, 0.3) is 0 Å². The number of aryl methyl sites for hydroxylation is 1. The minimum Gasteiger partial charge on any atom is -0.391 e. The number of nitrogens with one attached hydrogen (secondary N) is 1. The molecule has 0 radical (unpaired) electrons. The normalized spacial score (nSPS) is 23.3. The van der Waals surface area contributed by atoms with Gasteiger partial charge in [0.2, 0.25) is 11.9 Å². The van der Waals surface area contributed by atoms with E-state index in [0.29, 0.717) is 37.4 Å². The lowest BCUT2D eigenvalue weighted by Gasteiger charge is -2.49. The van der Waals surface area contributed by atoms with Crippen LogP contribution in [0.15, 0.2) is 36.5 Å². The summed E-state index contributed by atoms with van der Waals surface area (Å²) in [6, 6.07) is 8.18. The monoisotopic (exact) mass is 398 g/mol. The van der Waals surface area contributed by atoms with Crippen molar-refractivity contribution in [1.82, 2.24) is 15.3 Å². The van der Waals surface area contributed by atoms with Gasteiger partial charge in [0, 0.05) is 25.0 Å². The molecule has 29 heavy (non-hydrogen) atoms. The van der Waals surface area contributed by atoms with Crippen molar-refractivity contribution < 1.29 is 14.3 Å². The van der Waals surface area contributed by atoms with Gasteiger partial charge in [-0.15, -0.1) is 0 Å². The van der Waals surface area contributed by atoms with Gasteiger partial charge in [0.15, 0.2) is 0 Å². The van der Waals surface area contributed by atoms with E-state index in [-0.39, 0.29) is 17.8 Å². The third kappa shape index (κ3) is 4.10. The van der Waals surface area contributed by atoms with Crippen LogP contribution in [0.2, 0.25) is 0 Å². The number of hydrogen-bond acceptors (Lipinski definition) is 5. The van der Waals surface area contributed by atoms with Crippen LogP contribution < -0.4 is 10.2 Å². The fourth-order valence-electron chi connectivity index (χ4n) is 4.36. The molecule has 1 aliphatic heterocycles. The molecule has 6 nitrogen and oxygen atoms in total. The zero-order valence-corrected chi connectivity index (χ0v) is 16.6. The van der Waals surface area contributed by atoms with Crippen LogP contribution in [-0.4, -0.2) is 46.2 Å². The minimum absolute atomic E-state index is 0.129. The Hall–Kier alpha value is -2.54. The average molecular weight is 398 g/mol. The summed E-state index contributed by atoms with van der Waals surface area (Å²) < 4.78 is 14.3. The van der Waals surface area contributed by atoms with E-state index in [1.54, 1.807) is 24.4 Å². The molecule has 1 saturated carbocycles. The zero-order chi connectivity index (χ0) is 20.4. The first-order valence-corrected chi connectivity index (χ1v) is 10.2. The van der Waals surface area contributed by atoms with Crippen LogP contribution >= 0.6 is 0 Å². The van der Waals surface area contributed by atoms with Gasteiger partial charge < -0.3 is 15.3 Å². The Labute approximate surface area is 170 Å². The second-order valence-corrected chi connectivity index (χ2v) is 8.33. The first kappa shape index (κ1) is 19.8. The zero-order valence-electron chi connectivity index (χ0n) is 16.6. The van der Waals surface area contributed by atoms with Gasteiger partial charge in [-0.25, -0.2) is 14.4 Å². The molecule has 2 fully saturated rings. The molecule has 2 aromatic rings. The Morgan fingerprint density at radius 3 is 2.76 bits per heavy atom. The highest BCUT2D eigenvalue weighted by atomic mass is 19.1. The molecule has 1 aliphatic carbocycles. The Balaban J connectivity index is 1.55. The SMILES string of the molecule is Cc1ccnc(N2CC(Cc3ccccc3F)(C(=O)N[C@H]3CCCC[C@@H]3O)C2)n1. The fraction of sp³-hybridized carbons (Fsp3) is 0.500. The minimum atomic E-state index is -0.771. The molecule has 2 N–H and O–H groups in total.